The molecule has 5 atom stereocenters. The van der Waals surface area contributed by atoms with Crippen LogP contribution >= 0.6 is 0 Å². The van der Waals surface area contributed by atoms with Crippen LogP contribution in [-0.4, -0.2) is 82.7 Å². The third kappa shape index (κ3) is 6.34. The topological polar surface area (TPSA) is 143 Å². The Kier molecular flexibility index (Phi) is 8.52. The number of ether oxygens (including phenoxy) is 3. The highest BCUT2D eigenvalue weighted by Gasteiger charge is 2.44. The van der Waals surface area contributed by atoms with E-state index in [9.17, 15) is 24.9 Å². The number of methoxy groups -OCH3 is 1. The van der Waals surface area contributed by atoms with Gasteiger partial charge >= 0.3 is 5.97 Å². The van der Waals surface area contributed by atoms with Gasteiger partial charge in [-0.3, -0.25) is 9.59 Å². The monoisotopic (exact) mass is 390 g/mol. The first-order valence-electron chi connectivity index (χ1n) is 8.69. The Morgan fingerprint density at radius 3 is 2.26 bits per heavy atom. The number of ketones is 1. The molecule has 0 aromatic carbocycles. The third-order valence-electron chi connectivity index (χ3n) is 4.25. The normalized spacial score (nSPS) is 28.3. The first-order chi connectivity index (χ1) is 12.5. The molecule has 27 heavy (non-hydrogen) atoms. The maximum Gasteiger partial charge on any atom is 0.308 e. The molecule has 0 bridgehead atoms. The predicted octanol–water partition coefficient (Wildman–Crippen LogP) is -0.702. The fraction of sp³-hybridized carbons (Fsp3) is 0.778. The molecule has 0 aromatic rings. The van der Waals surface area contributed by atoms with Gasteiger partial charge in [0.1, 0.15) is 23.9 Å². The third-order valence-corrected chi connectivity index (χ3v) is 4.25. The predicted molar refractivity (Wildman–Crippen MR) is 93.5 cm³/mol. The molecule has 0 aliphatic carbocycles. The second kappa shape index (κ2) is 9.72. The number of aliphatic hydroxyl groups excluding tert-OH is 3. The van der Waals surface area contributed by atoms with Crippen molar-refractivity contribution >= 4 is 11.8 Å². The molecular formula is C18H30O9. The molecule has 5 unspecified atom stereocenters. The van der Waals surface area contributed by atoms with E-state index in [0.717, 1.165) is 0 Å². The number of esters is 1. The Morgan fingerprint density at radius 1 is 1.15 bits per heavy atom. The minimum atomic E-state index is -1.91. The lowest BCUT2D eigenvalue weighted by Gasteiger charge is -2.31. The molecular weight excluding hydrogens is 360 g/mol. The summed E-state index contributed by atoms with van der Waals surface area (Å²) in [6.07, 6.45) is -2.21. The van der Waals surface area contributed by atoms with Crippen LogP contribution in [0.15, 0.2) is 12.2 Å². The summed E-state index contributed by atoms with van der Waals surface area (Å²) in [5.41, 5.74) is -2.77. The van der Waals surface area contributed by atoms with Gasteiger partial charge in [0, 0.05) is 11.8 Å². The van der Waals surface area contributed by atoms with E-state index in [2.05, 4.69) is 4.74 Å². The summed E-state index contributed by atoms with van der Waals surface area (Å²) in [6.45, 7) is 4.44. The molecule has 4 N–H and O–H groups in total. The fourth-order valence-corrected chi connectivity index (χ4v) is 2.75. The van der Waals surface area contributed by atoms with Crippen LogP contribution in [0, 0.1) is 5.41 Å². The van der Waals surface area contributed by atoms with Gasteiger partial charge in [-0.25, -0.2) is 0 Å². The van der Waals surface area contributed by atoms with Crippen LogP contribution in [0.4, 0.5) is 0 Å². The van der Waals surface area contributed by atoms with Crippen molar-refractivity contribution in [1.82, 2.24) is 0 Å². The molecule has 0 aromatic heterocycles. The number of carbonyl (C=O) groups excluding carboxylic acids is 2. The maximum atomic E-state index is 12.5. The van der Waals surface area contributed by atoms with E-state index in [1.54, 1.807) is 20.8 Å². The minimum Gasteiger partial charge on any atom is -0.469 e. The summed E-state index contributed by atoms with van der Waals surface area (Å²) in [4.78, 5) is 24.1. The van der Waals surface area contributed by atoms with Crippen LogP contribution in [-0.2, 0) is 23.8 Å². The van der Waals surface area contributed by atoms with E-state index in [1.165, 1.54) is 19.3 Å². The lowest BCUT2D eigenvalue weighted by molar-refractivity contribution is -0.162. The molecule has 156 valence electrons. The van der Waals surface area contributed by atoms with Crippen molar-refractivity contribution in [2.24, 2.45) is 5.41 Å². The molecule has 1 fully saturated rings. The van der Waals surface area contributed by atoms with E-state index in [1.807, 2.05) is 0 Å². The molecule has 1 saturated heterocycles. The van der Waals surface area contributed by atoms with Crippen molar-refractivity contribution < 1.29 is 44.2 Å². The maximum absolute atomic E-state index is 12.5. The quantitative estimate of drug-likeness (QED) is 0.297. The van der Waals surface area contributed by atoms with E-state index in [4.69, 9.17) is 14.6 Å². The SMILES string of the molecule is COC(=O)CC(O)(C/C=C/COC1OC(CO)C(O)C1O)C(=O)C(C)(C)C. The molecule has 9 heteroatoms. The molecule has 1 rings (SSSR count). The van der Waals surface area contributed by atoms with Crippen LogP contribution in [0.1, 0.15) is 33.6 Å². The average Bonchev–Trinajstić information content (AvgIpc) is 2.87. The standard InChI is InChI=1S/C18H30O9/c1-17(2,3)16(23)18(24,9-12(20)25-4)7-5-6-8-26-15-14(22)13(21)11(10-19)27-15/h5-6,11,13-15,19,21-22,24H,7-10H2,1-4H3/b6-5+. The molecule has 0 saturated carbocycles. The number of Topliss-reactive ketones (excluding diaryl/α,β-unsaturated/α-hetero) is 1. The van der Waals surface area contributed by atoms with Gasteiger partial charge in [-0.15, -0.1) is 0 Å². The van der Waals surface area contributed by atoms with Gasteiger partial charge in [-0.05, 0) is 0 Å². The van der Waals surface area contributed by atoms with Crippen LogP contribution < -0.4 is 0 Å². The Bertz CT molecular complexity index is 539. The number of hydrogen-bond donors (Lipinski definition) is 4. The van der Waals surface area contributed by atoms with Crippen molar-refractivity contribution in [3.8, 4) is 0 Å². The number of hydrogen-bond acceptors (Lipinski definition) is 9. The summed E-state index contributed by atoms with van der Waals surface area (Å²) in [5.74, 6) is -1.19. The van der Waals surface area contributed by atoms with E-state index in [-0.39, 0.29) is 13.0 Å². The highest BCUT2D eigenvalue weighted by molar-refractivity contribution is 5.94. The van der Waals surface area contributed by atoms with Gasteiger partial charge in [0.15, 0.2) is 12.1 Å². The summed E-state index contributed by atoms with van der Waals surface area (Å²) in [5, 5.41) is 39.1. The Balaban J connectivity index is 2.65. The summed E-state index contributed by atoms with van der Waals surface area (Å²) >= 11 is 0. The van der Waals surface area contributed by atoms with Gasteiger partial charge in [0.2, 0.25) is 0 Å². The molecule has 0 amide bonds. The van der Waals surface area contributed by atoms with Gasteiger partial charge in [0.25, 0.3) is 0 Å². The number of carbonyl (C=O) groups is 2. The zero-order chi connectivity index (χ0) is 20.8. The largest absolute Gasteiger partial charge is 0.469 e. The van der Waals surface area contributed by atoms with Crippen LogP contribution in [0.25, 0.3) is 0 Å². The minimum absolute atomic E-state index is 0.0371. The van der Waals surface area contributed by atoms with Crippen LogP contribution in [0.2, 0.25) is 0 Å². The summed E-state index contributed by atoms with van der Waals surface area (Å²) in [7, 11) is 1.18. The van der Waals surface area contributed by atoms with Gasteiger partial charge < -0.3 is 34.6 Å². The Morgan fingerprint density at radius 2 is 1.78 bits per heavy atom. The first-order valence-corrected chi connectivity index (χ1v) is 8.69. The second-order valence-electron chi connectivity index (χ2n) is 7.58. The van der Waals surface area contributed by atoms with E-state index < -0.39 is 60.4 Å². The van der Waals surface area contributed by atoms with Crippen molar-refractivity contribution in [2.75, 3.05) is 20.3 Å². The van der Waals surface area contributed by atoms with E-state index >= 15 is 0 Å². The Hall–Kier alpha value is -1.36. The van der Waals surface area contributed by atoms with Crippen LogP contribution in [0.3, 0.4) is 0 Å². The second-order valence-corrected chi connectivity index (χ2v) is 7.58. The highest BCUT2D eigenvalue weighted by Crippen LogP contribution is 2.29. The Labute approximate surface area is 158 Å². The number of rotatable bonds is 9. The molecule has 0 radical (unpaired) electrons. The van der Waals surface area contributed by atoms with Crippen molar-refractivity contribution in [3.63, 3.8) is 0 Å². The lowest BCUT2D eigenvalue weighted by Crippen LogP contribution is -2.46. The fourth-order valence-electron chi connectivity index (χ4n) is 2.75. The smallest absolute Gasteiger partial charge is 0.308 e. The zero-order valence-electron chi connectivity index (χ0n) is 16.1. The van der Waals surface area contributed by atoms with Crippen LogP contribution in [0.5, 0.6) is 0 Å². The molecule has 9 nitrogen and oxygen atoms in total. The van der Waals surface area contributed by atoms with E-state index in [0.29, 0.717) is 0 Å². The molecule has 1 aliphatic rings. The first kappa shape index (κ1) is 23.7. The molecule has 1 aliphatic heterocycles. The van der Waals surface area contributed by atoms with Crippen molar-refractivity contribution in [1.29, 1.82) is 0 Å². The van der Waals surface area contributed by atoms with Crippen molar-refractivity contribution in [3.05, 3.63) is 12.2 Å². The molecule has 1 heterocycles. The van der Waals surface area contributed by atoms with Crippen molar-refractivity contribution in [2.45, 2.75) is 63.8 Å². The lowest BCUT2D eigenvalue weighted by atomic mass is 9.77. The van der Waals surface area contributed by atoms with Gasteiger partial charge in [0.05, 0.1) is 26.7 Å². The summed E-state index contributed by atoms with van der Waals surface area (Å²) < 4.78 is 15.0. The van der Waals surface area contributed by atoms with Gasteiger partial charge in [-0.1, -0.05) is 32.9 Å². The zero-order valence-corrected chi connectivity index (χ0v) is 16.1. The summed E-state index contributed by atoms with van der Waals surface area (Å²) in [6, 6.07) is 0. The molecule has 0 spiro atoms. The van der Waals surface area contributed by atoms with Gasteiger partial charge in [-0.2, -0.15) is 0 Å². The average molecular weight is 390 g/mol. The number of aliphatic hydroxyl groups is 4. The highest BCUT2D eigenvalue weighted by atomic mass is 16.7.